The largest absolute Gasteiger partial charge is 0.508 e. The fraction of sp³-hybridized carbons (Fsp3) is 0.429. The van der Waals surface area contributed by atoms with Crippen LogP contribution >= 0.6 is 0 Å². The number of amides is 1. The summed E-state index contributed by atoms with van der Waals surface area (Å²) >= 11 is 0. The van der Waals surface area contributed by atoms with Gasteiger partial charge in [0.2, 0.25) is 5.91 Å². The molecule has 0 heterocycles. The average molecular weight is 280 g/mol. The molecule has 110 valence electrons. The zero-order chi connectivity index (χ0) is 15.1. The molecule has 0 aromatic heterocycles. The molecule has 0 fully saturated rings. The Kier molecular flexibility index (Phi) is 5.99. The molecule has 0 aliphatic rings. The van der Waals surface area contributed by atoms with Crippen molar-refractivity contribution in [2.24, 2.45) is 11.7 Å². The number of hydrogen-bond acceptors (Lipinski definition) is 4. The molecule has 1 aromatic carbocycles. The van der Waals surface area contributed by atoms with E-state index in [-0.39, 0.29) is 30.4 Å². The van der Waals surface area contributed by atoms with Crippen LogP contribution in [-0.2, 0) is 16.0 Å². The summed E-state index contributed by atoms with van der Waals surface area (Å²) in [5, 5.41) is 20.8. The number of aromatic hydroxyl groups is 1. The molecule has 2 atom stereocenters. The Bertz CT molecular complexity index is 459. The summed E-state index contributed by atoms with van der Waals surface area (Å²) in [6.45, 7) is 2.21. The Morgan fingerprint density at radius 2 is 1.90 bits per heavy atom. The molecular weight excluding hydrogens is 260 g/mol. The summed E-state index contributed by atoms with van der Waals surface area (Å²) in [5.74, 6) is -1.29. The normalized spacial score (nSPS) is 13.5. The molecule has 0 saturated carbocycles. The highest BCUT2D eigenvalue weighted by atomic mass is 16.4. The first-order valence-electron chi connectivity index (χ1n) is 6.42. The second-order valence-corrected chi connectivity index (χ2v) is 4.87. The lowest BCUT2D eigenvalue weighted by atomic mass is 10.0. The molecule has 1 rings (SSSR count). The van der Waals surface area contributed by atoms with E-state index in [4.69, 9.17) is 10.8 Å². The molecule has 1 aromatic rings. The summed E-state index contributed by atoms with van der Waals surface area (Å²) in [5.41, 5.74) is 6.15. The van der Waals surface area contributed by atoms with Crippen molar-refractivity contribution in [3.8, 4) is 5.75 Å². The lowest BCUT2D eigenvalue weighted by Gasteiger charge is -2.16. The van der Waals surface area contributed by atoms with Gasteiger partial charge in [-0.3, -0.25) is 4.79 Å². The Balaban J connectivity index is 2.63. The van der Waals surface area contributed by atoms with E-state index in [2.05, 4.69) is 5.32 Å². The van der Waals surface area contributed by atoms with E-state index in [1.54, 1.807) is 12.1 Å². The minimum absolute atomic E-state index is 0.0121. The summed E-state index contributed by atoms with van der Waals surface area (Å²) in [6.07, 6.45) is 0.369. The molecule has 1 unspecified atom stereocenters. The van der Waals surface area contributed by atoms with E-state index in [9.17, 15) is 14.7 Å². The molecule has 6 heteroatoms. The number of aliphatic carboxylic acids is 1. The van der Waals surface area contributed by atoms with E-state index in [0.29, 0.717) is 6.54 Å². The topological polar surface area (TPSA) is 113 Å². The van der Waals surface area contributed by atoms with Gasteiger partial charge in [-0.05, 0) is 30.2 Å². The number of carboxylic acid groups (broad SMARTS) is 1. The fourth-order valence-corrected chi connectivity index (χ4v) is 1.72. The van der Waals surface area contributed by atoms with Crippen molar-refractivity contribution in [1.82, 2.24) is 5.32 Å². The van der Waals surface area contributed by atoms with Crippen LogP contribution in [0, 0.1) is 5.92 Å². The monoisotopic (exact) mass is 280 g/mol. The van der Waals surface area contributed by atoms with Gasteiger partial charge in [0.15, 0.2) is 0 Å². The Morgan fingerprint density at radius 3 is 2.40 bits per heavy atom. The van der Waals surface area contributed by atoms with Gasteiger partial charge in [-0.15, -0.1) is 0 Å². The van der Waals surface area contributed by atoms with Crippen LogP contribution in [0.25, 0.3) is 0 Å². The molecule has 20 heavy (non-hydrogen) atoms. The van der Waals surface area contributed by atoms with E-state index in [0.717, 1.165) is 5.56 Å². The number of nitrogens with two attached hydrogens (primary N) is 1. The van der Waals surface area contributed by atoms with Crippen molar-refractivity contribution in [2.45, 2.75) is 25.8 Å². The smallest absolute Gasteiger partial charge is 0.326 e. The molecule has 0 saturated heterocycles. The first-order chi connectivity index (χ1) is 9.42. The summed E-state index contributed by atoms with van der Waals surface area (Å²) < 4.78 is 0. The second kappa shape index (κ2) is 7.49. The lowest BCUT2D eigenvalue weighted by molar-refractivity contribution is -0.141. The minimum atomic E-state index is -1.09. The quantitative estimate of drug-likeness (QED) is 0.580. The fourth-order valence-electron chi connectivity index (χ4n) is 1.72. The van der Waals surface area contributed by atoms with Crippen molar-refractivity contribution < 1.29 is 19.8 Å². The number of benzene rings is 1. The van der Waals surface area contributed by atoms with E-state index in [1.165, 1.54) is 12.1 Å². The number of carbonyl (C=O) groups excluding carboxylic acids is 1. The molecular formula is C14H20N2O4. The third-order valence-electron chi connectivity index (χ3n) is 2.95. The number of phenols is 1. The molecule has 0 radical (unpaired) electrons. The molecule has 6 nitrogen and oxygen atoms in total. The Labute approximate surface area is 117 Å². The SMILES string of the molecule is CC(CN)CC(=O)N[C@H](Cc1ccc(O)cc1)C(=O)O. The number of carboxylic acids is 1. The van der Waals surface area contributed by atoms with Gasteiger partial charge in [0.05, 0.1) is 0 Å². The second-order valence-electron chi connectivity index (χ2n) is 4.87. The zero-order valence-corrected chi connectivity index (χ0v) is 11.4. The van der Waals surface area contributed by atoms with Gasteiger partial charge in [-0.2, -0.15) is 0 Å². The predicted octanol–water partition coefficient (Wildman–Crippen LogP) is 0.489. The Morgan fingerprint density at radius 1 is 1.30 bits per heavy atom. The summed E-state index contributed by atoms with van der Waals surface area (Å²) in [7, 11) is 0. The van der Waals surface area contributed by atoms with Crippen LogP contribution in [0.5, 0.6) is 5.75 Å². The molecule has 0 aliphatic heterocycles. The van der Waals surface area contributed by atoms with Gasteiger partial charge in [-0.25, -0.2) is 4.79 Å². The van der Waals surface area contributed by atoms with E-state index < -0.39 is 12.0 Å². The first-order valence-corrected chi connectivity index (χ1v) is 6.42. The lowest BCUT2D eigenvalue weighted by Crippen LogP contribution is -2.43. The summed E-state index contributed by atoms with van der Waals surface area (Å²) in [4.78, 5) is 22.9. The maximum absolute atomic E-state index is 11.7. The maximum Gasteiger partial charge on any atom is 0.326 e. The van der Waals surface area contributed by atoms with E-state index in [1.807, 2.05) is 6.92 Å². The molecule has 5 N–H and O–H groups in total. The molecule has 1 amide bonds. The highest BCUT2D eigenvalue weighted by Crippen LogP contribution is 2.11. The first kappa shape index (κ1) is 16.0. The molecule has 0 aliphatic carbocycles. The minimum Gasteiger partial charge on any atom is -0.508 e. The standard InChI is InChI=1S/C14H20N2O4/c1-9(8-15)6-13(18)16-12(14(19)20)7-10-2-4-11(17)5-3-10/h2-5,9,12,17H,6-8,15H2,1H3,(H,16,18)(H,19,20)/t9?,12-/m1/s1. The van der Waals surface area contributed by atoms with E-state index >= 15 is 0 Å². The van der Waals surface area contributed by atoms with Crippen LogP contribution < -0.4 is 11.1 Å². The summed E-state index contributed by atoms with van der Waals surface area (Å²) in [6, 6.07) is 5.22. The third-order valence-corrected chi connectivity index (χ3v) is 2.95. The number of phenolic OH excluding ortho intramolecular Hbond substituents is 1. The van der Waals surface area contributed by atoms with Crippen molar-refractivity contribution in [2.75, 3.05) is 6.54 Å². The van der Waals surface area contributed by atoms with Gasteiger partial charge in [0.1, 0.15) is 11.8 Å². The highest BCUT2D eigenvalue weighted by molar-refractivity contribution is 5.83. The van der Waals surface area contributed by atoms with Gasteiger partial charge in [0.25, 0.3) is 0 Å². The van der Waals surface area contributed by atoms with Crippen LogP contribution in [0.1, 0.15) is 18.9 Å². The molecule has 0 spiro atoms. The van der Waals surface area contributed by atoms with Crippen LogP contribution in [0.3, 0.4) is 0 Å². The number of carbonyl (C=O) groups is 2. The van der Waals surface area contributed by atoms with Crippen molar-refractivity contribution in [3.63, 3.8) is 0 Å². The van der Waals surface area contributed by atoms with Crippen molar-refractivity contribution >= 4 is 11.9 Å². The van der Waals surface area contributed by atoms with Crippen molar-refractivity contribution in [1.29, 1.82) is 0 Å². The van der Waals surface area contributed by atoms with Crippen LogP contribution in [0.4, 0.5) is 0 Å². The average Bonchev–Trinajstić information content (AvgIpc) is 2.40. The molecule has 0 bridgehead atoms. The van der Waals surface area contributed by atoms with Gasteiger partial charge < -0.3 is 21.3 Å². The Hall–Kier alpha value is -2.08. The van der Waals surface area contributed by atoms with Crippen LogP contribution in [0.15, 0.2) is 24.3 Å². The predicted molar refractivity (Wildman–Crippen MR) is 74.2 cm³/mol. The highest BCUT2D eigenvalue weighted by Gasteiger charge is 2.21. The maximum atomic E-state index is 11.7. The van der Waals surface area contributed by atoms with Crippen LogP contribution in [-0.4, -0.2) is 34.7 Å². The number of nitrogens with one attached hydrogen (secondary N) is 1. The zero-order valence-electron chi connectivity index (χ0n) is 11.4. The van der Waals surface area contributed by atoms with Gasteiger partial charge in [0, 0.05) is 12.8 Å². The van der Waals surface area contributed by atoms with Crippen molar-refractivity contribution in [3.05, 3.63) is 29.8 Å². The van der Waals surface area contributed by atoms with Crippen LogP contribution in [0.2, 0.25) is 0 Å². The number of rotatable bonds is 7. The number of hydrogen-bond donors (Lipinski definition) is 4. The van der Waals surface area contributed by atoms with Gasteiger partial charge >= 0.3 is 5.97 Å². The van der Waals surface area contributed by atoms with Gasteiger partial charge in [-0.1, -0.05) is 19.1 Å². The third kappa shape index (κ3) is 5.27.